The second kappa shape index (κ2) is 4.96. The van der Waals surface area contributed by atoms with E-state index in [4.69, 9.17) is 0 Å². The summed E-state index contributed by atoms with van der Waals surface area (Å²) in [5.41, 5.74) is 0.540. The Balaban J connectivity index is 2.10. The third-order valence-corrected chi connectivity index (χ3v) is 4.11. The first-order valence-electron chi connectivity index (χ1n) is 6.52. The van der Waals surface area contributed by atoms with E-state index in [1.54, 1.807) is 0 Å². The van der Waals surface area contributed by atoms with Gasteiger partial charge < -0.3 is 5.11 Å². The minimum atomic E-state index is -0.818. The van der Waals surface area contributed by atoms with E-state index in [9.17, 15) is 13.9 Å². The fourth-order valence-corrected chi connectivity index (χ4v) is 2.73. The molecule has 0 radical (unpaired) electrons. The fourth-order valence-electron chi connectivity index (χ4n) is 2.73. The maximum Gasteiger partial charge on any atom is 0.131 e. The SMILES string of the molecule is CC1(C)CCC(C(O)c2ccc(F)cc2F)CC1. The Labute approximate surface area is 107 Å². The minimum Gasteiger partial charge on any atom is -0.388 e. The first-order valence-corrected chi connectivity index (χ1v) is 6.52. The Kier molecular flexibility index (Phi) is 3.71. The normalized spacial score (nSPS) is 21.8. The van der Waals surface area contributed by atoms with Crippen LogP contribution in [0.4, 0.5) is 8.78 Å². The quantitative estimate of drug-likeness (QED) is 0.838. The number of aliphatic hydroxyl groups is 1. The van der Waals surface area contributed by atoms with Crippen LogP contribution in [-0.2, 0) is 0 Å². The van der Waals surface area contributed by atoms with Crippen molar-refractivity contribution in [1.29, 1.82) is 0 Å². The lowest BCUT2D eigenvalue weighted by Gasteiger charge is -2.36. The van der Waals surface area contributed by atoms with Gasteiger partial charge in [-0.2, -0.15) is 0 Å². The van der Waals surface area contributed by atoms with E-state index in [0.717, 1.165) is 31.7 Å². The topological polar surface area (TPSA) is 20.2 Å². The highest BCUT2D eigenvalue weighted by atomic mass is 19.1. The Morgan fingerprint density at radius 2 is 1.83 bits per heavy atom. The molecule has 0 bridgehead atoms. The van der Waals surface area contributed by atoms with Crippen molar-refractivity contribution in [2.24, 2.45) is 11.3 Å². The molecule has 1 aromatic carbocycles. The minimum absolute atomic E-state index is 0.0815. The van der Waals surface area contributed by atoms with Gasteiger partial charge in [0.25, 0.3) is 0 Å². The van der Waals surface area contributed by atoms with Gasteiger partial charge in [-0.1, -0.05) is 19.9 Å². The van der Waals surface area contributed by atoms with E-state index in [-0.39, 0.29) is 11.5 Å². The van der Waals surface area contributed by atoms with Gasteiger partial charge in [0.05, 0.1) is 6.10 Å². The van der Waals surface area contributed by atoms with Crippen LogP contribution in [-0.4, -0.2) is 5.11 Å². The van der Waals surface area contributed by atoms with E-state index >= 15 is 0 Å². The van der Waals surface area contributed by atoms with Crippen molar-refractivity contribution in [1.82, 2.24) is 0 Å². The Morgan fingerprint density at radius 3 is 2.39 bits per heavy atom. The average Bonchev–Trinajstić information content (AvgIpc) is 2.28. The van der Waals surface area contributed by atoms with Gasteiger partial charge in [-0.05, 0) is 43.1 Å². The standard InChI is InChI=1S/C15H20F2O/c1-15(2)7-5-10(6-8-15)14(18)12-4-3-11(16)9-13(12)17/h3-4,9-10,14,18H,5-8H2,1-2H3. The van der Waals surface area contributed by atoms with Gasteiger partial charge in [-0.15, -0.1) is 0 Å². The van der Waals surface area contributed by atoms with Crippen molar-refractivity contribution in [2.75, 3.05) is 0 Å². The molecular formula is C15H20F2O. The molecule has 1 fully saturated rings. The molecule has 1 nitrogen and oxygen atoms in total. The van der Waals surface area contributed by atoms with Crippen molar-refractivity contribution in [2.45, 2.75) is 45.6 Å². The number of benzene rings is 1. The lowest BCUT2D eigenvalue weighted by atomic mass is 9.71. The van der Waals surface area contributed by atoms with Crippen molar-refractivity contribution >= 4 is 0 Å². The molecule has 1 aliphatic rings. The fraction of sp³-hybridized carbons (Fsp3) is 0.600. The van der Waals surface area contributed by atoms with Crippen LogP contribution in [0.3, 0.4) is 0 Å². The molecule has 3 heteroatoms. The number of aliphatic hydroxyl groups excluding tert-OH is 1. The van der Waals surface area contributed by atoms with Crippen LogP contribution < -0.4 is 0 Å². The highest BCUT2D eigenvalue weighted by Crippen LogP contribution is 2.43. The number of hydrogen-bond donors (Lipinski definition) is 1. The summed E-state index contributed by atoms with van der Waals surface area (Å²) in [5, 5.41) is 10.2. The van der Waals surface area contributed by atoms with Gasteiger partial charge in [0.2, 0.25) is 0 Å². The molecule has 0 aliphatic heterocycles. The van der Waals surface area contributed by atoms with Gasteiger partial charge in [-0.3, -0.25) is 0 Å². The summed E-state index contributed by atoms with van der Waals surface area (Å²) in [7, 11) is 0. The third-order valence-electron chi connectivity index (χ3n) is 4.11. The predicted molar refractivity (Wildman–Crippen MR) is 67.1 cm³/mol. The van der Waals surface area contributed by atoms with Crippen molar-refractivity contribution < 1.29 is 13.9 Å². The zero-order valence-electron chi connectivity index (χ0n) is 10.9. The second-order valence-corrected chi connectivity index (χ2v) is 6.11. The van der Waals surface area contributed by atoms with Crippen molar-refractivity contribution in [3.8, 4) is 0 Å². The molecule has 1 aliphatic carbocycles. The van der Waals surface area contributed by atoms with E-state index in [1.807, 2.05) is 0 Å². The molecule has 100 valence electrons. The van der Waals surface area contributed by atoms with Crippen LogP contribution in [0, 0.1) is 23.0 Å². The molecule has 1 aromatic rings. The zero-order chi connectivity index (χ0) is 13.3. The van der Waals surface area contributed by atoms with Crippen LogP contribution >= 0.6 is 0 Å². The Hall–Kier alpha value is -0.960. The van der Waals surface area contributed by atoms with E-state index in [1.165, 1.54) is 12.1 Å². The molecule has 1 atom stereocenters. The van der Waals surface area contributed by atoms with Crippen LogP contribution in [0.1, 0.15) is 51.2 Å². The average molecular weight is 254 g/mol. The Bertz CT molecular complexity index is 419. The largest absolute Gasteiger partial charge is 0.388 e. The van der Waals surface area contributed by atoms with Gasteiger partial charge >= 0.3 is 0 Å². The molecule has 0 heterocycles. The number of hydrogen-bond acceptors (Lipinski definition) is 1. The first-order chi connectivity index (χ1) is 8.39. The lowest BCUT2D eigenvalue weighted by Crippen LogP contribution is -2.25. The van der Waals surface area contributed by atoms with Crippen LogP contribution in [0.5, 0.6) is 0 Å². The van der Waals surface area contributed by atoms with Gasteiger partial charge in [0.15, 0.2) is 0 Å². The lowest BCUT2D eigenvalue weighted by molar-refractivity contribution is 0.0542. The van der Waals surface area contributed by atoms with Gasteiger partial charge in [0.1, 0.15) is 11.6 Å². The third kappa shape index (κ3) is 2.89. The zero-order valence-corrected chi connectivity index (χ0v) is 10.9. The summed E-state index contributed by atoms with van der Waals surface area (Å²) in [6.45, 7) is 4.43. The Morgan fingerprint density at radius 1 is 1.22 bits per heavy atom. The molecule has 2 rings (SSSR count). The van der Waals surface area contributed by atoms with Gasteiger partial charge in [-0.25, -0.2) is 8.78 Å². The molecule has 0 spiro atoms. The molecule has 0 aromatic heterocycles. The van der Waals surface area contributed by atoms with Crippen molar-refractivity contribution in [3.05, 3.63) is 35.4 Å². The molecular weight excluding hydrogens is 234 g/mol. The maximum atomic E-state index is 13.6. The first kappa shape index (κ1) is 13.5. The molecule has 1 unspecified atom stereocenters. The monoisotopic (exact) mass is 254 g/mol. The maximum absolute atomic E-state index is 13.6. The summed E-state index contributed by atoms with van der Waals surface area (Å²) in [6.07, 6.45) is 3.05. The van der Waals surface area contributed by atoms with Gasteiger partial charge in [0, 0.05) is 11.6 Å². The van der Waals surface area contributed by atoms with Crippen LogP contribution in [0.15, 0.2) is 18.2 Å². The van der Waals surface area contributed by atoms with E-state index in [2.05, 4.69) is 13.8 Å². The molecule has 1 saturated carbocycles. The highest BCUT2D eigenvalue weighted by molar-refractivity contribution is 5.21. The summed E-state index contributed by atoms with van der Waals surface area (Å²) in [4.78, 5) is 0. The molecule has 0 saturated heterocycles. The second-order valence-electron chi connectivity index (χ2n) is 6.11. The smallest absolute Gasteiger partial charge is 0.131 e. The molecule has 18 heavy (non-hydrogen) atoms. The summed E-state index contributed by atoms with van der Waals surface area (Å²) in [6, 6.07) is 3.40. The molecule has 0 amide bonds. The summed E-state index contributed by atoms with van der Waals surface area (Å²) in [5.74, 6) is -1.17. The van der Waals surface area contributed by atoms with E-state index < -0.39 is 17.7 Å². The van der Waals surface area contributed by atoms with Crippen LogP contribution in [0.25, 0.3) is 0 Å². The molecule has 1 N–H and O–H groups in total. The van der Waals surface area contributed by atoms with Crippen LogP contribution in [0.2, 0.25) is 0 Å². The number of rotatable bonds is 2. The highest BCUT2D eigenvalue weighted by Gasteiger charge is 2.32. The number of halogens is 2. The van der Waals surface area contributed by atoms with Crippen molar-refractivity contribution in [3.63, 3.8) is 0 Å². The predicted octanol–water partition coefficient (Wildman–Crippen LogP) is 4.21. The summed E-state index contributed by atoms with van der Waals surface area (Å²) < 4.78 is 26.4. The summed E-state index contributed by atoms with van der Waals surface area (Å²) >= 11 is 0. The van der Waals surface area contributed by atoms with E-state index in [0.29, 0.717) is 5.41 Å².